The van der Waals surface area contributed by atoms with Crippen LogP contribution in [-0.4, -0.2) is 42.5 Å². The maximum atomic E-state index is 13.1. The van der Waals surface area contributed by atoms with Crippen LogP contribution >= 0.6 is 11.6 Å². The van der Waals surface area contributed by atoms with Crippen molar-refractivity contribution in [1.82, 2.24) is 16.0 Å². The van der Waals surface area contributed by atoms with Gasteiger partial charge in [0.15, 0.2) is 0 Å². The fourth-order valence-corrected chi connectivity index (χ4v) is 3.55. The molecule has 0 bridgehead atoms. The van der Waals surface area contributed by atoms with E-state index in [1.165, 1.54) is 0 Å². The second-order valence-corrected chi connectivity index (χ2v) is 9.63. The lowest BCUT2D eigenvalue weighted by atomic mass is 9.98. The molecule has 1 aromatic carbocycles. The first-order valence-electron chi connectivity index (χ1n) is 10.8. The predicted octanol–water partition coefficient (Wildman–Crippen LogP) is 3.16. The van der Waals surface area contributed by atoms with Gasteiger partial charge in [-0.3, -0.25) is 14.4 Å². The Balaban J connectivity index is 2.48. The first kappa shape index (κ1) is 25.0. The number of fused-ring (bicyclic) bond motifs is 1. The lowest BCUT2D eigenvalue weighted by Crippen LogP contribution is -2.57. The number of rotatable bonds is 4. The lowest BCUT2D eigenvalue weighted by molar-refractivity contribution is -0.131. The van der Waals surface area contributed by atoms with E-state index in [4.69, 9.17) is 16.3 Å². The molecular weight excluding hydrogens is 418 g/mol. The molecule has 7 nitrogen and oxygen atoms in total. The number of nitrogens with one attached hydrogen (secondary N) is 3. The average Bonchev–Trinajstić information content (AvgIpc) is 2.67. The van der Waals surface area contributed by atoms with Gasteiger partial charge in [-0.15, -0.1) is 0 Å². The monoisotopic (exact) mass is 451 g/mol. The smallest absolute Gasteiger partial charge is 0.255 e. The Kier molecular flexibility index (Phi) is 8.74. The first-order valence-corrected chi connectivity index (χ1v) is 11.2. The molecule has 0 saturated carbocycles. The molecule has 0 radical (unpaired) electrons. The van der Waals surface area contributed by atoms with Crippen molar-refractivity contribution < 1.29 is 19.1 Å². The molecule has 3 N–H and O–H groups in total. The van der Waals surface area contributed by atoms with Crippen LogP contribution < -0.4 is 20.7 Å². The van der Waals surface area contributed by atoms with Crippen molar-refractivity contribution in [1.29, 1.82) is 0 Å². The number of ether oxygens (including phenoxy) is 1. The summed E-state index contributed by atoms with van der Waals surface area (Å²) < 4.78 is 5.95. The number of amides is 3. The second kappa shape index (κ2) is 10.8. The second-order valence-electron chi connectivity index (χ2n) is 9.20. The first-order chi connectivity index (χ1) is 14.5. The summed E-state index contributed by atoms with van der Waals surface area (Å²) in [5.41, 5.74) is 0.287. The van der Waals surface area contributed by atoms with Crippen LogP contribution in [0.15, 0.2) is 18.2 Å². The topological polar surface area (TPSA) is 96.5 Å². The SMILES string of the molecule is CC(C)C[C@@H]1NC(=O)[C@H](C(C)C)NC(=O)c2ccc(Cl)cc2OC[C@H](C(C)C)NC1=O. The molecule has 1 heterocycles. The quantitative estimate of drug-likeness (QED) is 0.655. The van der Waals surface area contributed by atoms with Crippen LogP contribution in [0.1, 0.15) is 58.3 Å². The summed E-state index contributed by atoms with van der Waals surface area (Å²) in [6.07, 6.45) is 0.484. The van der Waals surface area contributed by atoms with Crippen LogP contribution in [-0.2, 0) is 9.59 Å². The molecule has 0 unspecified atom stereocenters. The van der Waals surface area contributed by atoms with Crippen LogP contribution in [0.3, 0.4) is 0 Å². The zero-order valence-corrected chi connectivity index (χ0v) is 19.9. The summed E-state index contributed by atoms with van der Waals surface area (Å²) >= 11 is 6.12. The van der Waals surface area contributed by atoms with Gasteiger partial charge in [0.1, 0.15) is 24.4 Å². The zero-order chi connectivity index (χ0) is 23.3. The highest BCUT2D eigenvalue weighted by molar-refractivity contribution is 6.30. The number of benzene rings is 1. The standard InChI is InChI=1S/C23H34ClN3O4/c1-12(2)9-17-22(29)26-18(13(3)4)11-31-19-10-15(24)7-8-16(19)21(28)27-20(14(5)6)23(30)25-17/h7-8,10,12-14,17-18,20H,9,11H2,1-6H3,(H,25,30)(H,26,29)(H,27,28)/t17-,18+,20-/m0/s1. The summed E-state index contributed by atoms with van der Waals surface area (Å²) in [4.78, 5) is 39.1. The average molecular weight is 452 g/mol. The molecule has 0 aliphatic carbocycles. The van der Waals surface area contributed by atoms with Crippen molar-refractivity contribution in [2.45, 2.75) is 66.1 Å². The Morgan fingerprint density at radius 2 is 1.65 bits per heavy atom. The van der Waals surface area contributed by atoms with Gasteiger partial charge in [0.05, 0.1) is 11.6 Å². The third kappa shape index (κ3) is 6.86. The highest BCUT2D eigenvalue weighted by Gasteiger charge is 2.32. The molecule has 0 spiro atoms. The van der Waals surface area contributed by atoms with E-state index in [1.807, 2.05) is 41.5 Å². The zero-order valence-electron chi connectivity index (χ0n) is 19.1. The van der Waals surface area contributed by atoms with Crippen LogP contribution in [0.25, 0.3) is 0 Å². The molecule has 8 heteroatoms. The maximum Gasteiger partial charge on any atom is 0.255 e. The molecule has 2 rings (SSSR count). The van der Waals surface area contributed by atoms with Gasteiger partial charge < -0.3 is 20.7 Å². The largest absolute Gasteiger partial charge is 0.491 e. The number of halogens is 1. The summed E-state index contributed by atoms with van der Waals surface area (Å²) in [7, 11) is 0. The van der Waals surface area contributed by atoms with Crippen LogP contribution in [0.5, 0.6) is 5.75 Å². The Bertz CT molecular complexity index is 810. The van der Waals surface area contributed by atoms with Crippen LogP contribution in [0, 0.1) is 17.8 Å². The van der Waals surface area contributed by atoms with E-state index in [0.29, 0.717) is 17.2 Å². The van der Waals surface area contributed by atoms with Gasteiger partial charge in [-0.05, 0) is 42.4 Å². The molecule has 172 valence electrons. The maximum absolute atomic E-state index is 13.1. The van der Waals surface area contributed by atoms with Gasteiger partial charge in [0, 0.05) is 5.02 Å². The minimum Gasteiger partial charge on any atom is -0.491 e. The van der Waals surface area contributed by atoms with Crippen molar-refractivity contribution in [3.05, 3.63) is 28.8 Å². The minimum absolute atomic E-state index is 0.0735. The molecule has 0 saturated heterocycles. The Hall–Kier alpha value is -2.28. The Morgan fingerprint density at radius 3 is 2.23 bits per heavy atom. The van der Waals surface area contributed by atoms with Crippen molar-refractivity contribution in [3.8, 4) is 5.75 Å². The lowest BCUT2D eigenvalue weighted by Gasteiger charge is -2.28. The molecule has 0 fully saturated rings. The molecule has 31 heavy (non-hydrogen) atoms. The molecule has 1 aliphatic rings. The van der Waals surface area contributed by atoms with E-state index < -0.39 is 18.0 Å². The van der Waals surface area contributed by atoms with E-state index >= 15 is 0 Å². The Labute approximate surface area is 189 Å². The fraction of sp³-hybridized carbons (Fsp3) is 0.609. The predicted molar refractivity (Wildman–Crippen MR) is 121 cm³/mol. The van der Waals surface area contributed by atoms with Gasteiger partial charge in [0.2, 0.25) is 11.8 Å². The van der Waals surface area contributed by atoms with E-state index in [1.54, 1.807) is 18.2 Å². The van der Waals surface area contributed by atoms with Gasteiger partial charge in [-0.2, -0.15) is 0 Å². The third-order valence-electron chi connectivity index (χ3n) is 5.31. The van der Waals surface area contributed by atoms with Gasteiger partial charge in [-0.1, -0.05) is 53.1 Å². The normalized spacial score (nSPS) is 23.2. The molecule has 3 atom stereocenters. The Morgan fingerprint density at radius 1 is 0.968 bits per heavy atom. The molecule has 3 amide bonds. The van der Waals surface area contributed by atoms with Crippen LogP contribution in [0.4, 0.5) is 0 Å². The highest BCUT2D eigenvalue weighted by atomic mass is 35.5. The number of hydrogen-bond donors (Lipinski definition) is 3. The van der Waals surface area contributed by atoms with E-state index in [-0.39, 0.29) is 47.8 Å². The molecule has 1 aliphatic heterocycles. The van der Waals surface area contributed by atoms with Crippen molar-refractivity contribution in [2.24, 2.45) is 17.8 Å². The van der Waals surface area contributed by atoms with Gasteiger partial charge in [0.25, 0.3) is 5.91 Å². The number of carbonyl (C=O) groups is 3. The number of carbonyl (C=O) groups excluding carboxylic acids is 3. The summed E-state index contributed by atoms with van der Waals surface area (Å²) in [5.74, 6) is -0.684. The molecular formula is C23H34ClN3O4. The van der Waals surface area contributed by atoms with Crippen LogP contribution in [0.2, 0.25) is 5.02 Å². The minimum atomic E-state index is -0.805. The summed E-state index contributed by atoms with van der Waals surface area (Å²) in [6, 6.07) is 2.93. The molecule has 1 aromatic rings. The van der Waals surface area contributed by atoms with E-state index in [9.17, 15) is 14.4 Å². The van der Waals surface area contributed by atoms with Crippen molar-refractivity contribution in [2.75, 3.05) is 6.61 Å². The highest BCUT2D eigenvalue weighted by Crippen LogP contribution is 2.25. The van der Waals surface area contributed by atoms with E-state index in [0.717, 1.165) is 0 Å². The van der Waals surface area contributed by atoms with Gasteiger partial charge >= 0.3 is 0 Å². The van der Waals surface area contributed by atoms with Crippen molar-refractivity contribution in [3.63, 3.8) is 0 Å². The summed E-state index contributed by atoms with van der Waals surface area (Å²) in [5, 5.41) is 9.09. The third-order valence-corrected chi connectivity index (χ3v) is 5.55. The fourth-order valence-electron chi connectivity index (χ4n) is 3.39. The molecule has 0 aromatic heterocycles. The van der Waals surface area contributed by atoms with Crippen molar-refractivity contribution >= 4 is 29.3 Å². The summed E-state index contributed by atoms with van der Waals surface area (Å²) in [6.45, 7) is 11.8. The number of hydrogen-bond acceptors (Lipinski definition) is 4. The van der Waals surface area contributed by atoms with Gasteiger partial charge in [-0.25, -0.2) is 0 Å². The van der Waals surface area contributed by atoms with E-state index in [2.05, 4.69) is 16.0 Å².